The highest BCUT2D eigenvalue weighted by molar-refractivity contribution is 7.91. The molecule has 1 amide bonds. The van der Waals surface area contributed by atoms with Crippen LogP contribution < -0.4 is 10.6 Å². The molecule has 0 radical (unpaired) electrons. The Morgan fingerprint density at radius 1 is 1.12 bits per heavy atom. The van der Waals surface area contributed by atoms with Crippen molar-refractivity contribution in [1.29, 1.82) is 0 Å². The molecule has 2 heterocycles. The number of carbonyl (C=O) groups is 1. The average molecular weight is 374 g/mol. The number of sulfone groups is 1. The molecule has 3 rings (SSSR count). The van der Waals surface area contributed by atoms with E-state index in [9.17, 15) is 13.2 Å². The Morgan fingerprint density at radius 3 is 2.35 bits per heavy atom. The summed E-state index contributed by atoms with van der Waals surface area (Å²) < 4.78 is 23.0. The normalized spacial score (nSPS) is 18.5. The summed E-state index contributed by atoms with van der Waals surface area (Å²) in [5, 5.41) is 5.94. The zero-order valence-corrected chi connectivity index (χ0v) is 15.9. The summed E-state index contributed by atoms with van der Waals surface area (Å²) in [6.45, 7) is 5.91. The predicted octanol–water partition coefficient (Wildman–Crippen LogP) is 2.25. The number of hydrogen-bond donors (Lipinski definition) is 2. The highest BCUT2D eigenvalue weighted by atomic mass is 32.2. The van der Waals surface area contributed by atoms with Crippen molar-refractivity contribution in [2.24, 2.45) is 0 Å². The van der Waals surface area contributed by atoms with Gasteiger partial charge in [-0.1, -0.05) is 17.7 Å². The lowest BCUT2D eigenvalue weighted by Gasteiger charge is -2.13. The molecule has 1 aliphatic heterocycles. The van der Waals surface area contributed by atoms with Crippen molar-refractivity contribution < 1.29 is 13.2 Å². The first-order valence-electron chi connectivity index (χ1n) is 8.42. The Kier molecular flexibility index (Phi) is 4.95. The van der Waals surface area contributed by atoms with Crippen LogP contribution in [0.15, 0.2) is 24.5 Å². The van der Waals surface area contributed by atoms with E-state index in [0.29, 0.717) is 12.2 Å². The molecule has 1 saturated heterocycles. The molecule has 2 N–H and O–H groups in total. The van der Waals surface area contributed by atoms with Gasteiger partial charge < -0.3 is 10.6 Å². The SMILES string of the molecule is Cc1cc(C)c(NC(=O)c2cnc(NC3CCS(=O)(=O)C3)cn2)c(C)c1. The number of nitrogens with one attached hydrogen (secondary N) is 2. The second kappa shape index (κ2) is 7.03. The second-order valence-electron chi connectivity index (χ2n) is 6.76. The number of benzene rings is 1. The van der Waals surface area contributed by atoms with E-state index in [0.717, 1.165) is 22.4 Å². The minimum absolute atomic E-state index is 0.100. The molecule has 1 aliphatic rings. The molecule has 0 saturated carbocycles. The van der Waals surface area contributed by atoms with Crippen LogP contribution in [0, 0.1) is 20.8 Å². The number of aromatic nitrogens is 2. The van der Waals surface area contributed by atoms with Crippen LogP contribution in [-0.2, 0) is 9.84 Å². The summed E-state index contributed by atoms with van der Waals surface area (Å²) in [4.78, 5) is 20.8. The summed E-state index contributed by atoms with van der Waals surface area (Å²) in [6, 6.07) is 3.86. The first-order valence-corrected chi connectivity index (χ1v) is 10.2. The van der Waals surface area contributed by atoms with Crippen LogP contribution in [0.4, 0.5) is 11.5 Å². The lowest BCUT2D eigenvalue weighted by Crippen LogP contribution is -2.22. The van der Waals surface area contributed by atoms with Crippen molar-refractivity contribution in [3.05, 3.63) is 46.9 Å². The van der Waals surface area contributed by atoms with Crippen molar-refractivity contribution in [1.82, 2.24) is 9.97 Å². The summed E-state index contributed by atoms with van der Waals surface area (Å²) >= 11 is 0. The van der Waals surface area contributed by atoms with Crippen LogP contribution >= 0.6 is 0 Å². The fourth-order valence-corrected chi connectivity index (χ4v) is 4.87. The van der Waals surface area contributed by atoms with Gasteiger partial charge in [0.25, 0.3) is 5.91 Å². The van der Waals surface area contributed by atoms with E-state index < -0.39 is 9.84 Å². The molecule has 7 nitrogen and oxygen atoms in total. The smallest absolute Gasteiger partial charge is 0.275 e. The van der Waals surface area contributed by atoms with E-state index in [2.05, 4.69) is 20.6 Å². The largest absolute Gasteiger partial charge is 0.365 e. The van der Waals surface area contributed by atoms with Crippen molar-refractivity contribution in [3.63, 3.8) is 0 Å². The van der Waals surface area contributed by atoms with Crippen molar-refractivity contribution in [3.8, 4) is 0 Å². The molecule has 0 spiro atoms. The third-order valence-electron chi connectivity index (χ3n) is 4.38. The van der Waals surface area contributed by atoms with Crippen LogP contribution in [0.1, 0.15) is 33.6 Å². The third kappa shape index (κ3) is 4.19. The number of anilines is 2. The van der Waals surface area contributed by atoms with Crippen molar-refractivity contribution >= 4 is 27.2 Å². The summed E-state index contributed by atoms with van der Waals surface area (Å²) in [5.41, 5.74) is 4.10. The van der Waals surface area contributed by atoms with E-state index in [1.165, 1.54) is 12.4 Å². The van der Waals surface area contributed by atoms with Gasteiger partial charge >= 0.3 is 0 Å². The number of carbonyl (C=O) groups excluding carboxylic acids is 1. The molecule has 26 heavy (non-hydrogen) atoms. The Bertz CT molecular complexity index is 916. The van der Waals surface area contributed by atoms with Crippen molar-refractivity contribution in [2.45, 2.75) is 33.2 Å². The average Bonchev–Trinajstić information content (AvgIpc) is 2.90. The van der Waals surface area contributed by atoms with Crippen LogP contribution in [0.5, 0.6) is 0 Å². The van der Waals surface area contributed by atoms with E-state index in [-0.39, 0.29) is 29.1 Å². The maximum atomic E-state index is 12.4. The summed E-state index contributed by atoms with van der Waals surface area (Å²) in [6.07, 6.45) is 3.40. The Hall–Kier alpha value is -2.48. The molecule has 1 aromatic heterocycles. The van der Waals surface area contributed by atoms with Gasteiger partial charge in [0.05, 0.1) is 23.9 Å². The van der Waals surface area contributed by atoms with Crippen molar-refractivity contribution in [2.75, 3.05) is 22.1 Å². The van der Waals surface area contributed by atoms with Crippen LogP contribution in [-0.4, -0.2) is 41.8 Å². The molecule has 1 fully saturated rings. The topological polar surface area (TPSA) is 101 Å². The minimum Gasteiger partial charge on any atom is -0.365 e. The zero-order chi connectivity index (χ0) is 18.9. The number of hydrogen-bond acceptors (Lipinski definition) is 6. The first kappa shape index (κ1) is 18.3. The molecule has 0 aliphatic carbocycles. The lowest BCUT2D eigenvalue weighted by atomic mass is 10.1. The standard InChI is InChI=1S/C18H22N4O3S/c1-11-6-12(2)17(13(3)7-11)22-18(23)15-8-20-16(9-19-15)21-14-4-5-26(24,25)10-14/h6-9,14H,4-5,10H2,1-3H3,(H,20,21)(H,22,23). The van der Waals surface area contributed by atoms with Gasteiger partial charge in [-0.05, 0) is 38.3 Å². The third-order valence-corrected chi connectivity index (χ3v) is 6.15. The van der Waals surface area contributed by atoms with Gasteiger partial charge in [-0.25, -0.2) is 18.4 Å². The molecular weight excluding hydrogens is 352 g/mol. The predicted molar refractivity (Wildman–Crippen MR) is 101 cm³/mol. The Morgan fingerprint density at radius 2 is 1.81 bits per heavy atom. The number of amides is 1. The number of rotatable bonds is 4. The second-order valence-corrected chi connectivity index (χ2v) is 8.99. The molecular formula is C18H22N4O3S. The fourth-order valence-electron chi connectivity index (χ4n) is 3.19. The fraction of sp³-hybridized carbons (Fsp3) is 0.389. The molecule has 2 aromatic rings. The molecule has 8 heteroatoms. The quantitative estimate of drug-likeness (QED) is 0.851. The molecule has 138 valence electrons. The lowest BCUT2D eigenvalue weighted by molar-refractivity contribution is 0.102. The molecule has 1 atom stereocenters. The Balaban J connectivity index is 1.68. The molecule has 1 aromatic carbocycles. The van der Waals surface area contributed by atoms with Gasteiger partial charge in [-0.2, -0.15) is 0 Å². The van der Waals surface area contributed by atoms with Gasteiger partial charge in [-0.15, -0.1) is 0 Å². The number of nitrogens with zero attached hydrogens (tertiary/aromatic N) is 2. The van der Waals surface area contributed by atoms with Gasteiger partial charge in [0.1, 0.15) is 11.5 Å². The summed E-state index contributed by atoms with van der Waals surface area (Å²) in [7, 11) is -2.96. The minimum atomic E-state index is -2.96. The summed E-state index contributed by atoms with van der Waals surface area (Å²) in [5.74, 6) is 0.422. The van der Waals surface area contributed by atoms with E-state index in [1.54, 1.807) is 0 Å². The van der Waals surface area contributed by atoms with Gasteiger partial charge in [0, 0.05) is 11.7 Å². The van der Waals surface area contributed by atoms with Crippen LogP contribution in [0.2, 0.25) is 0 Å². The van der Waals surface area contributed by atoms with Gasteiger partial charge in [0.15, 0.2) is 9.84 Å². The maximum absolute atomic E-state index is 12.4. The van der Waals surface area contributed by atoms with E-state index >= 15 is 0 Å². The monoisotopic (exact) mass is 374 g/mol. The van der Waals surface area contributed by atoms with E-state index in [4.69, 9.17) is 0 Å². The highest BCUT2D eigenvalue weighted by Crippen LogP contribution is 2.22. The van der Waals surface area contributed by atoms with Crippen LogP contribution in [0.25, 0.3) is 0 Å². The zero-order valence-electron chi connectivity index (χ0n) is 15.0. The highest BCUT2D eigenvalue weighted by Gasteiger charge is 2.28. The Labute approximate surface area is 153 Å². The van der Waals surface area contributed by atoms with Gasteiger partial charge in [-0.3, -0.25) is 4.79 Å². The molecule has 0 bridgehead atoms. The van der Waals surface area contributed by atoms with Crippen LogP contribution in [0.3, 0.4) is 0 Å². The first-order chi connectivity index (χ1) is 12.2. The van der Waals surface area contributed by atoms with E-state index in [1.807, 2.05) is 32.9 Å². The number of aryl methyl sites for hydroxylation is 3. The van der Waals surface area contributed by atoms with Gasteiger partial charge in [0.2, 0.25) is 0 Å². The molecule has 1 unspecified atom stereocenters. The maximum Gasteiger partial charge on any atom is 0.275 e.